The number of aromatic amines is 1. The third-order valence-electron chi connectivity index (χ3n) is 1.64. The predicted octanol–water partition coefficient (Wildman–Crippen LogP) is 1.18. The monoisotopic (exact) mass is 196 g/mol. The highest BCUT2D eigenvalue weighted by molar-refractivity contribution is 6.35. The van der Waals surface area contributed by atoms with E-state index in [1.807, 2.05) is 0 Å². The van der Waals surface area contributed by atoms with Gasteiger partial charge >= 0.3 is 0 Å². The van der Waals surface area contributed by atoms with E-state index in [1.165, 1.54) is 6.33 Å². The molecule has 13 heavy (non-hydrogen) atoms. The molecule has 2 aromatic heterocycles. The van der Waals surface area contributed by atoms with E-state index in [0.29, 0.717) is 28.3 Å². The highest BCUT2D eigenvalue weighted by atomic mass is 35.5. The van der Waals surface area contributed by atoms with Crippen molar-refractivity contribution in [3.05, 3.63) is 17.7 Å². The summed E-state index contributed by atoms with van der Waals surface area (Å²) in [5.74, 6) is 0. The summed E-state index contributed by atoms with van der Waals surface area (Å²) in [5, 5.41) is 3.43. The van der Waals surface area contributed by atoms with Gasteiger partial charge in [0.15, 0.2) is 0 Å². The van der Waals surface area contributed by atoms with E-state index in [-0.39, 0.29) is 0 Å². The largest absolute Gasteiger partial charge is 0.344 e. The molecule has 66 valence electrons. The van der Waals surface area contributed by atoms with Gasteiger partial charge < -0.3 is 10.3 Å². The average Bonchev–Trinajstić information content (AvgIpc) is 2.51. The number of rotatable bonds is 2. The summed E-state index contributed by atoms with van der Waals surface area (Å²) in [5.41, 5.74) is 1.18. The number of halogens is 1. The molecule has 0 saturated carbocycles. The number of H-pyrrole nitrogens is 1. The maximum Gasteiger partial charge on any atom is 0.211 e. The molecular formula is C7H5ClN4O. The number of hydrogen-bond donors (Lipinski definition) is 2. The Morgan fingerprint density at radius 2 is 2.38 bits per heavy atom. The highest BCUT2D eigenvalue weighted by Gasteiger charge is 2.07. The minimum atomic E-state index is 0.315. The number of hydrogen-bond acceptors (Lipinski definition) is 3. The first kappa shape index (κ1) is 8.00. The summed E-state index contributed by atoms with van der Waals surface area (Å²) in [6.45, 7) is 0. The molecule has 0 fully saturated rings. The Kier molecular flexibility index (Phi) is 1.86. The Morgan fingerprint density at radius 3 is 3.15 bits per heavy atom. The summed E-state index contributed by atoms with van der Waals surface area (Å²) >= 11 is 5.81. The van der Waals surface area contributed by atoms with Crippen LogP contribution in [0.3, 0.4) is 0 Å². The number of amides is 1. The van der Waals surface area contributed by atoms with Crippen LogP contribution < -0.4 is 5.32 Å². The lowest BCUT2D eigenvalue weighted by atomic mass is 10.3. The molecule has 0 bridgehead atoms. The van der Waals surface area contributed by atoms with Gasteiger partial charge in [0.25, 0.3) is 0 Å². The van der Waals surface area contributed by atoms with Crippen molar-refractivity contribution in [3.8, 4) is 0 Å². The van der Waals surface area contributed by atoms with E-state index in [4.69, 9.17) is 11.6 Å². The van der Waals surface area contributed by atoms with E-state index >= 15 is 0 Å². The van der Waals surface area contributed by atoms with Crippen LogP contribution in [0.25, 0.3) is 11.0 Å². The molecule has 0 atom stereocenters. The van der Waals surface area contributed by atoms with Gasteiger partial charge in [-0.1, -0.05) is 11.6 Å². The van der Waals surface area contributed by atoms with Gasteiger partial charge in [0, 0.05) is 6.20 Å². The lowest BCUT2D eigenvalue weighted by Crippen LogP contribution is -1.92. The quantitative estimate of drug-likeness (QED) is 0.560. The van der Waals surface area contributed by atoms with Crippen molar-refractivity contribution in [2.75, 3.05) is 5.32 Å². The number of carbonyl (C=O) groups excluding carboxylic acids is 1. The Labute approximate surface area is 78.1 Å². The third-order valence-corrected chi connectivity index (χ3v) is 1.92. The van der Waals surface area contributed by atoms with Crippen LogP contribution in [0.15, 0.2) is 12.5 Å². The standard InChI is InChI=1S/C7H5ClN4O/c8-6-5-4(12-3-13)1-9-7(5)11-2-10-6/h1-3H,(H,12,13)(H,9,10,11). The second-order valence-corrected chi connectivity index (χ2v) is 2.71. The van der Waals surface area contributed by atoms with Crippen LogP contribution in [0.2, 0.25) is 5.15 Å². The van der Waals surface area contributed by atoms with Gasteiger partial charge in [-0.25, -0.2) is 9.97 Å². The smallest absolute Gasteiger partial charge is 0.211 e. The summed E-state index contributed by atoms with van der Waals surface area (Å²) in [4.78, 5) is 20.8. The van der Waals surface area contributed by atoms with Crippen molar-refractivity contribution in [3.63, 3.8) is 0 Å². The molecule has 0 spiro atoms. The molecule has 2 N–H and O–H groups in total. The minimum Gasteiger partial charge on any atom is -0.344 e. The molecule has 0 unspecified atom stereocenters. The topological polar surface area (TPSA) is 70.7 Å². The molecule has 1 amide bonds. The van der Waals surface area contributed by atoms with Crippen LogP contribution >= 0.6 is 11.6 Å². The molecule has 2 aromatic rings. The molecule has 0 aliphatic rings. The number of fused-ring (bicyclic) bond motifs is 1. The minimum absolute atomic E-state index is 0.315. The van der Waals surface area contributed by atoms with Crippen LogP contribution in [0, 0.1) is 0 Å². The van der Waals surface area contributed by atoms with Crippen LogP contribution in [0.4, 0.5) is 5.69 Å². The SMILES string of the molecule is O=CNc1c[nH]c2ncnc(Cl)c12. The molecule has 0 radical (unpaired) electrons. The summed E-state index contributed by atoms with van der Waals surface area (Å²) < 4.78 is 0. The van der Waals surface area contributed by atoms with Crippen molar-refractivity contribution in [2.24, 2.45) is 0 Å². The van der Waals surface area contributed by atoms with Crippen molar-refractivity contribution in [1.82, 2.24) is 15.0 Å². The van der Waals surface area contributed by atoms with Crippen molar-refractivity contribution in [1.29, 1.82) is 0 Å². The first-order valence-electron chi connectivity index (χ1n) is 3.50. The van der Waals surface area contributed by atoms with Crippen molar-refractivity contribution < 1.29 is 4.79 Å². The van der Waals surface area contributed by atoms with Gasteiger partial charge in [0.05, 0.1) is 11.1 Å². The van der Waals surface area contributed by atoms with Gasteiger partial charge in [-0.15, -0.1) is 0 Å². The Hall–Kier alpha value is -1.62. The fraction of sp³-hybridized carbons (Fsp3) is 0. The summed E-state index contributed by atoms with van der Waals surface area (Å²) in [7, 11) is 0. The summed E-state index contributed by atoms with van der Waals surface area (Å²) in [6.07, 6.45) is 3.54. The number of nitrogens with one attached hydrogen (secondary N) is 2. The second-order valence-electron chi connectivity index (χ2n) is 2.35. The Balaban J connectivity index is 2.70. The van der Waals surface area contributed by atoms with Crippen molar-refractivity contribution >= 4 is 34.7 Å². The van der Waals surface area contributed by atoms with E-state index in [1.54, 1.807) is 6.20 Å². The first-order valence-corrected chi connectivity index (χ1v) is 3.88. The second kappa shape index (κ2) is 3.02. The maximum atomic E-state index is 10.2. The van der Waals surface area contributed by atoms with Gasteiger partial charge in [0.2, 0.25) is 6.41 Å². The Morgan fingerprint density at radius 1 is 1.54 bits per heavy atom. The van der Waals surface area contributed by atoms with E-state index < -0.39 is 0 Å². The lowest BCUT2D eigenvalue weighted by molar-refractivity contribution is -0.105. The number of anilines is 1. The van der Waals surface area contributed by atoms with Crippen LogP contribution in [0.1, 0.15) is 0 Å². The average molecular weight is 197 g/mol. The molecule has 0 aliphatic carbocycles. The van der Waals surface area contributed by atoms with Gasteiger partial charge in [-0.05, 0) is 0 Å². The zero-order chi connectivity index (χ0) is 9.26. The van der Waals surface area contributed by atoms with E-state index in [2.05, 4.69) is 20.3 Å². The predicted molar refractivity (Wildman–Crippen MR) is 48.6 cm³/mol. The van der Waals surface area contributed by atoms with Crippen molar-refractivity contribution in [2.45, 2.75) is 0 Å². The maximum absolute atomic E-state index is 10.2. The zero-order valence-electron chi connectivity index (χ0n) is 6.41. The van der Waals surface area contributed by atoms with E-state index in [0.717, 1.165) is 0 Å². The fourth-order valence-electron chi connectivity index (χ4n) is 1.10. The summed E-state index contributed by atoms with van der Waals surface area (Å²) in [6, 6.07) is 0. The highest BCUT2D eigenvalue weighted by Crippen LogP contribution is 2.26. The van der Waals surface area contributed by atoms with Gasteiger partial charge in [0.1, 0.15) is 17.1 Å². The van der Waals surface area contributed by atoms with E-state index in [9.17, 15) is 4.79 Å². The molecule has 6 heteroatoms. The van der Waals surface area contributed by atoms with Crippen LogP contribution in [-0.2, 0) is 4.79 Å². The molecule has 2 heterocycles. The number of aromatic nitrogens is 3. The zero-order valence-corrected chi connectivity index (χ0v) is 7.17. The number of carbonyl (C=O) groups is 1. The van der Waals surface area contributed by atoms with Gasteiger partial charge in [-0.3, -0.25) is 4.79 Å². The molecule has 2 rings (SSSR count). The van der Waals surface area contributed by atoms with Gasteiger partial charge in [-0.2, -0.15) is 0 Å². The third kappa shape index (κ3) is 1.23. The number of nitrogens with zero attached hydrogens (tertiary/aromatic N) is 2. The first-order chi connectivity index (χ1) is 6.33. The molecular weight excluding hydrogens is 192 g/mol. The molecule has 0 aliphatic heterocycles. The van der Waals surface area contributed by atoms with Crippen LogP contribution in [0.5, 0.6) is 0 Å². The Bertz CT molecular complexity index is 453. The normalized spacial score (nSPS) is 10.2. The fourth-order valence-corrected chi connectivity index (χ4v) is 1.34. The molecule has 0 aromatic carbocycles. The lowest BCUT2D eigenvalue weighted by Gasteiger charge is -1.95. The molecule has 0 saturated heterocycles. The van der Waals surface area contributed by atoms with Crippen LogP contribution in [-0.4, -0.2) is 21.4 Å². The molecule has 5 nitrogen and oxygen atoms in total.